The van der Waals surface area contributed by atoms with E-state index in [9.17, 15) is 0 Å². The smallest absolute Gasteiger partial charge is 0.0982 e. The molecule has 1 aliphatic heterocycles. The summed E-state index contributed by atoms with van der Waals surface area (Å²) in [5.74, 6) is 1.27. The van der Waals surface area contributed by atoms with E-state index in [-0.39, 0.29) is 0 Å². The molecule has 9 heavy (non-hydrogen) atoms. The van der Waals surface area contributed by atoms with E-state index in [4.69, 9.17) is 0 Å². The standard InChI is InChI=1S/C7H14N2/c1-8-7-5-3-4-6-9(7)2/h3-6H2,1-2H3. The zero-order chi connectivity index (χ0) is 6.69. The molecule has 0 unspecified atom stereocenters. The van der Waals surface area contributed by atoms with E-state index in [2.05, 4.69) is 16.9 Å². The SMILES string of the molecule is CN=C1CCCCN1C. The van der Waals surface area contributed by atoms with E-state index in [1.54, 1.807) is 0 Å². The van der Waals surface area contributed by atoms with Gasteiger partial charge in [-0.05, 0) is 12.8 Å². The zero-order valence-corrected chi connectivity index (χ0v) is 6.22. The van der Waals surface area contributed by atoms with Crippen LogP contribution in [0.15, 0.2) is 4.99 Å². The molecule has 2 nitrogen and oxygen atoms in total. The summed E-state index contributed by atoms with van der Waals surface area (Å²) in [5.41, 5.74) is 0. The van der Waals surface area contributed by atoms with E-state index < -0.39 is 0 Å². The van der Waals surface area contributed by atoms with Crippen molar-refractivity contribution in [3.63, 3.8) is 0 Å². The van der Waals surface area contributed by atoms with Gasteiger partial charge in [-0.1, -0.05) is 0 Å². The Morgan fingerprint density at radius 1 is 1.44 bits per heavy atom. The van der Waals surface area contributed by atoms with Gasteiger partial charge in [0.05, 0.1) is 5.84 Å². The van der Waals surface area contributed by atoms with E-state index in [1.165, 1.54) is 31.6 Å². The molecular weight excluding hydrogens is 112 g/mol. The minimum absolute atomic E-state index is 1.17. The van der Waals surface area contributed by atoms with Gasteiger partial charge >= 0.3 is 0 Å². The molecule has 0 aliphatic carbocycles. The van der Waals surface area contributed by atoms with Crippen LogP contribution in [0.5, 0.6) is 0 Å². The van der Waals surface area contributed by atoms with Gasteiger partial charge in [0, 0.05) is 27.1 Å². The lowest BCUT2D eigenvalue weighted by molar-refractivity contribution is 0.433. The predicted octanol–water partition coefficient (Wildman–Crippen LogP) is 1.13. The van der Waals surface area contributed by atoms with Crippen LogP contribution >= 0.6 is 0 Å². The summed E-state index contributed by atoms with van der Waals surface area (Å²) in [7, 11) is 3.98. The molecule has 0 aromatic carbocycles. The Morgan fingerprint density at radius 2 is 2.22 bits per heavy atom. The quantitative estimate of drug-likeness (QED) is 0.475. The highest BCUT2D eigenvalue weighted by atomic mass is 15.2. The maximum atomic E-state index is 4.17. The van der Waals surface area contributed by atoms with Gasteiger partial charge in [0.15, 0.2) is 0 Å². The fourth-order valence-electron chi connectivity index (χ4n) is 1.23. The molecule has 1 rings (SSSR count). The van der Waals surface area contributed by atoms with Crippen LogP contribution in [-0.2, 0) is 0 Å². The molecule has 0 saturated carbocycles. The van der Waals surface area contributed by atoms with Crippen molar-refractivity contribution in [1.82, 2.24) is 4.90 Å². The largest absolute Gasteiger partial charge is 0.363 e. The van der Waals surface area contributed by atoms with Crippen LogP contribution in [-0.4, -0.2) is 31.4 Å². The highest BCUT2D eigenvalue weighted by Gasteiger charge is 2.09. The van der Waals surface area contributed by atoms with Crippen molar-refractivity contribution in [3.8, 4) is 0 Å². The van der Waals surface area contributed by atoms with Gasteiger partial charge in [-0.3, -0.25) is 4.99 Å². The third-order valence-electron chi connectivity index (χ3n) is 1.84. The molecule has 0 atom stereocenters. The second-order valence-corrected chi connectivity index (χ2v) is 2.52. The molecule has 1 saturated heterocycles. The average molecular weight is 126 g/mol. The molecule has 0 aromatic heterocycles. The molecular formula is C7H14N2. The maximum Gasteiger partial charge on any atom is 0.0982 e. The number of amidine groups is 1. The first-order valence-electron chi connectivity index (χ1n) is 3.51. The van der Waals surface area contributed by atoms with Crippen LogP contribution in [0.4, 0.5) is 0 Å². The number of hydrogen-bond acceptors (Lipinski definition) is 1. The van der Waals surface area contributed by atoms with E-state index in [0.29, 0.717) is 0 Å². The van der Waals surface area contributed by atoms with Crippen LogP contribution in [0, 0.1) is 0 Å². The Bertz CT molecular complexity index is 118. The average Bonchev–Trinajstić information content (AvgIpc) is 1.89. The molecule has 0 N–H and O–H groups in total. The van der Waals surface area contributed by atoms with Crippen molar-refractivity contribution in [1.29, 1.82) is 0 Å². The highest BCUT2D eigenvalue weighted by Crippen LogP contribution is 2.08. The van der Waals surface area contributed by atoms with Crippen molar-refractivity contribution < 1.29 is 0 Å². The molecule has 0 radical (unpaired) electrons. The van der Waals surface area contributed by atoms with Gasteiger partial charge in [0.1, 0.15) is 0 Å². The summed E-state index contributed by atoms with van der Waals surface area (Å²) in [6, 6.07) is 0. The van der Waals surface area contributed by atoms with Crippen LogP contribution in [0.2, 0.25) is 0 Å². The first kappa shape index (κ1) is 6.59. The maximum absolute atomic E-state index is 4.17. The summed E-state index contributed by atoms with van der Waals surface area (Å²) in [6.45, 7) is 1.19. The first-order chi connectivity index (χ1) is 4.34. The normalized spacial score (nSPS) is 25.1. The van der Waals surface area contributed by atoms with Crippen LogP contribution in [0.1, 0.15) is 19.3 Å². The number of piperidine rings is 1. The lowest BCUT2D eigenvalue weighted by Gasteiger charge is -2.25. The second kappa shape index (κ2) is 2.85. The van der Waals surface area contributed by atoms with Crippen molar-refractivity contribution in [2.75, 3.05) is 20.6 Å². The van der Waals surface area contributed by atoms with Gasteiger partial charge in [-0.15, -0.1) is 0 Å². The van der Waals surface area contributed by atoms with Gasteiger partial charge in [0.2, 0.25) is 0 Å². The van der Waals surface area contributed by atoms with Crippen molar-refractivity contribution >= 4 is 5.84 Å². The van der Waals surface area contributed by atoms with E-state index >= 15 is 0 Å². The van der Waals surface area contributed by atoms with Gasteiger partial charge in [-0.25, -0.2) is 0 Å². The lowest BCUT2D eigenvalue weighted by atomic mass is 10.1. The highest BCUT2D eigenvalue weighted by molar-refractivity contribution is 5.82. The molecule has 52 valence electrons. The van der Waals surface area contributed by atoms with Gasteiger partial charge in [0.25, 0.3) is 0 Å². The minimum atomic E-state index is 1.17. The Labute approximate surface area is 56.6 Å². The van der Waals surface area contributed by atoms with Crippen LogP contribution in [0.3, 0.4) is 0 Å². The Morgan fingerprint density at radius 3 is 2.67 bits per heavy atom. The van der Waals surface area contributed by atoms with E-state index in [1.807, 2.05) is 7.05 Å². The Kier molecular flexibility index (Phi) is 2.09. The summed E-state index contributed by atoms with van der Waals surface area (Å²) >= 11 is 0. The zero-order valence-electron chi connectivity index (χ0n) is 6.22. The number of likely N-dealkylation sites (tertiary alicyclic amines) is 1. The molecule has 0 aromatic rings. The van der Waals surface area contributed by atoms with Gasteiger partial charge in [-0.2, -0.15) is 0 Å². The number of rotatable bonds is 0. The summed E-state index contributed by atoms with van der Waals surface area (Å²) < 4.78 is 0. The molecule has 1 aliphatic rings. The van der Waals surface area contributed by atoms with Crippen LogP contribution < -0.4 is 0 Å². The van der Waals surface area contributed by atoms with Gasteiger partial charge < -0.3 is 4.90 Å². The third kappa shape index (κ3) is 1.44. The predicted molar refractivity (Wildman–Crippen MR) is 39.8 cm³/mol. The lowest BCUT2D eigenvalue weighted by Crippen LogP contribution is -2.31. The fraction of sp³-hybridized carbons (Fsp3) is 0.857. The van der Waals surface area contributed by atoms with Crippen molar-refractivity contribution in [2.45, 2.75) is 19.3 Å². The fourth-order valence-corrected chi connectivity index (χ4v) is 1.23. The number of hydrogen-bond donors (Lipinski definition) is 0. The third-order valence-corrected chi connectivity index (χ3v) is 1.84. The molecule has 0 amide bonds. The Balaban J connectivity index is 2.49. The first-order valence-corrected chi connectivity index (χ1v) is 3.51. The number of nitrogens with zero attached hydrogens (tertiary/aromatic N) is 2. The molecule has 2 heteroatoms. The molecule has 1 fully saturated rings. The summed E-state index contributed by atoms with van der Waals surface area (Å²) in [4.78, 5) is 6.41. The van der Waals surface area contributed by atoms with Crippen molar-refractivity contribution in [3.05, 3.63) is 0 Å². The monoisotopic (exact) mass is 126 g/mol. The number of aliphatic imine (C=N–C) groups is 1. The molecule has 0 bridgehead atoms. The topological polar surface area (TPSA) is 15.6 Å². The van der Waals surface area contributed by atoms with Crippen LogP contribution in [0.25, 0.3) is 0 Å². The Hall–Kier alpha value is -0.530. The second-order valence-electron chi connectivity index (χ2n) is 2.52. The summed E-state index contributed by atoms with van der Waals surface area (Å²) in [5, 5.41) is 0. The molecule has 0 spiro atoms. The van der Waals surface area contributed by atoms with Crippen molar-refractivity contribution in [2.24, 2.45) is 4.99 Å². The minimum Gasteiger partial charge on any atom is -0.363 e. The summed E-state index contributed by atoms with van der Waals surface area (Å²) in [6.07, 6.45) is 3.82. The molecule has 1 heterocycles. The van der Waals surface area contributed by atoms with E-state index in [0.717, 1.165) is 0 Å².